The Morgan fingerprint density at radius 2 is 1.26 bits per heavy atom. The third-order valence-electron chi connectivity index (χ3n) is 5.99. The molecule has 0 aliphatic carbocycles. The van der Waals surface area contributed by atoms with Crippen molar-refractivity contribution in [2.75, 3.05) is 82.2 Å². The summed E-state index contributed by atoms with van der Waals surface area (Å²) in [6, 6.07) is -0.992. The van der Waals surface area contributed by atoms with Crippen LogP contribution in [-0.4, -0.2) is 133 Å². The summed E-state index contributed by atoms with van der Waals surface area (Å²) in [5.41, 5.74) is 0. The van der Waals surface area contributed by atoms with Gasteiger partial charge in [0.15, 0.2) is 0 Å². The van der Waals surface area contributed by atoms with E-state index in [1.165, 1.54) is 23.5 Å². The maximum atomic E-state index is 12.1. The number of aliphatic carboxylic acids is 1. The standard InChI is InChI=1S/C24H40N4O8S2/c29-20(17-37-15-4-22(31)27-7-11-35-12-8-27)25-6-2-1-3-19(24(33)34)26-21(30)18-38-16-5-23(32)28-9-13-36-14-10-28/h19H,1-18H2,(H,25,29)(H,26,30)(H,33,34). The minimum absolute atomic E-state index is 0.0363. The number of carbonyl (C=O) groups is 5. The van der Waals surface area contributed by atoms with Crippen molar-refractivity contribution in [2.45, 2.75) is 38.1 Å². The van der Waals surface area contributed by atoms with Crippen LogP contribution in [0, 0.1) is 0 Å². The van der Waals surface area contributed by atoms with Gasteiger partial charge >= 0.3 is 5.97 Å². The zero-order chi connectivity index (χ0) is 27.6. The molecule has 4 amide bonds. The smallest absolute Gasteiger partial charge is 0.326 e. The average Bonchev–Trinajstić information content (AvgIpc) is 2.93. The van der Waals surface area contributed by atoms with Gasteiger partial charge in [0.25, 0.3) is 0 Å². The highest BCUT2D eigenvalue weighted by molar-refractivity contribution is 8.00. The number of carboxylic acid groups (broad SMARTS) is 1. The molecule has 2 aliphatic heterocycles. The topological polar surface area (TPSA) is 155 Å². The first-order valence-corrected chi connectivity index (χ1v) is 15.3. The van der Waals surface area contributed by atoms with Gasteiger partial charge in [-0.15, -0.1) is 0 Å². The quantitative estimate of drug-likeness (QED) is 0.198. The summed E-state index contributed by atoms with van der Waals surface area (Å²) < 4.78 is 10.5. The molecule has 2 aliphatic rings. The van der Waals surface area contributed by atoms with E-state index in [-0.39, 0.29) is 41.6 Å². The van der Waals surface area contributed by atoms with Gasteiger partial charge in [-0.05, 0) is 19.3 Å². The van der Waals surface area contributed by atoms with Crippen LogP contribution in [0.25, 0.3) is 0 Å². The molecule has 0 aromatic rings. The Bertz CT molecular complexity index is 777. The number of carbonyl (C=O) groups excluding carboxylic acids is 4. The van der Waals surface area contributed by atoms with Crippen molar-refractivity contribution >= 4 is 53.1 Å². The molecule has 0 bridgehead atoms. The number of nitrogens with one attached hydrogen (secondary N) is 2. The summed E-state index contributed by atoms with van der Waals surface area (Å²) in [6.45, 7) is 5.05. The van der Waals surface area contributed by atoms with Crippen LogP contribution < -0.4 is 10.6 Å². The van der Waals surface area contributed by atoms with Gasteiger partial charge in [0.1, 0.15) is 6.04 Å². The van der Waals surface area contributed by atoms with Gasteiger partial charge in [-0.1, -0.05) is 0 Å². The summed E-state index contributed by atoms with van der Waals surface area (Å²) in [5, 5.41) is 14.7. The predicted molar refractivity (Wildman–Crippen MR) is 145 cm³/mol. The molecule has 0 saturated carbocycles. The second-order valence-corrected chi connectivity index (χ2v) is 11.1. The Morgan fingerprint density at radius 3 is 1.76 bits per heavy atom. The summed E-state index contributed by atoms with van der Waals surface area (Å²) in [6.07, 6.45) is 2.10. The Balaban J connectivity index is 1.48. The minimum atomic E-state index is -1.10. The maximum absolute atomic E-state index is 12.1. The first kappa shape index (κ1) is 32.2. The van der Waals surface area contributed by atoms with Crippen LogP contribution in [0.3, 0.4) is 0 Å². The predicted octanol–water partition coefficient (Wildman–Crippen LogP) is -0.193. The highest BCUT2D eigenvalue weighted by Gasteiger charge is 2.20. The van der Waals surface area contributed by atoms with Crippen molar-refractivity contribution in [2.24, 2.45) is 0 Å². The molecular weight excluding hydrogens is 536 g/mol. The molecule has 38 heavy (non-hydrogen) atoms. The van der Waals surface area contributed by atoms with E-state index in [2.05, 4.69) is 10.6 Å². The monoisotopic (exact) mass is 576 g/mol. The lowest BCUT2D eigenvalue weighted by Crippen LogP contribution is -2.42. The van der Waals surface area contributed by atoms with E-state index < -0.39 is 12.0 Å². The molecule has 14 heteroatoms. The third kappa shape index (κ3) is 13.7. The van der Waals surface area contributed by atoms with Crippen LogP contribution in [0.1, 0.15) is 32.1 Å². The number of hydrogen-bond acceptors (Lipinski definition) is 9. The van der Waals surface area contributed by atoms with Crippen molar-refractivity contribution in [1.29, 1.82) is 0 Å². The highest BCUT2D eigenvalue weighted by atomic mass is 32.2. The minimum Gasteiger partial charge on any atom is -0.480 e. The molecule has 2 rings (SSSR count). The van der Waals surface area contributed by atoms with Crippen molar-refractivity contribution < 1.29 is 38.6 Å². The fraction of sp³-hybridized carbons (Fsp3) is 0.792. The normalized spacial score (nSPS) is 16.5. The molecule has 12 nitrogen and oxygen atoms in total. The Kier molecular flexibility index (Phi) is 16.2. The van der Waals surface area contributed by atoms with Crippen LogP contribution in [-0.2, 0) is 33.4 Å². The second-order valence-electron chi connectivity index (χ2n) is 8.90. The van der Waals surface area contributed by atoms with Crippen molar-refractivity contribution in [3.05, 3.63) is 0 Å². The van der Waals surface area contributed by atoms with Gasteiger partial charge in [0.2, 0.25) is 23.6 Å². The van der Waals surface area contributed by atoms with Crippen molar-refractivity contribution in [1.82, 2.24) is 20.4 Å². The number of unbranched alkanes of at least 4 members (excludes halogenated alkanes) is 1. The summed E-state index contributed by atoms with van der Waals surface area (Å²) in [5.74, 6) is -0.0629. The van der Waals surface area contributed by atoms with E-state index in [9.17, 15) is 29.1 Å². The Labute approximate surface area is 232 Å². The third-order valence-corrected chi connectivity index (χ3v) is 7.91. The number of carboxylic acids is 1. The Hall–Kier alpha value is -2.03. The lowest BCUT2D eigenvalue weighted by molar-refractivity contribution is -0.141. The number of nitrogens with zero attached hydrogens (tertiary/aromatic N) is 2. The van der Waals surface area contributed by atoms with Gasteiger partial charge in [0, 0.05) is 57.1 Å². The molecule has 2 saturated heterocycles. The van der Waals surface area contributed by atoms with Gasteiger partial charge < -0.3 is 35.0 Å². The first-order valence-electron chi connectivity index (χ1n) is 13.0. The Morgan fingerprint density at radius 1 is 0.763 bits per heavy atom. The highest BCUT2D eigenvalue weighted by Crippen LogP contribution is 2.09. The molecular formula is C24H40N4O8S2. The lowest BCUT2D eigenvalue weighted by Gasteiger charge is -2.26. The lowest BCUT2D eigenvalue weighted by atomic mass is 10.1. The van der Waals surface area contributed by atoms with Crippen LogP contribution in [0.2, 0.25) is 0 Å². The maximum Gasteiger partial charge on any atom is 0.326 e. The average molecular weight is 577 g/mol. The van der Waals surface area contributed by atoms with E-state index in [1.54, 1.807) is 9.80 Å². The molecule has 0 aromatic carbocycles. The molecule has 1 atom stereocenters. The second kappa shape index (κ2) is 19.1. The van der Waals surface area contributed by atoms with Crippen molar-refractivity contribution in [3.8, 4) is 0 Å². The number of ether oxygens (including phenoxy) is 2. The molecule has 2 heterocycles. The summed E-state index contributed by atoms with van der Waals surface area (Å²) in [4.78, 5) is 63.3. The summed E-state index contributed by atoms with van der Waals surface area (Å²) in [7, 11) is 0. The van der Waals surface area contributed by atoms with Crippen LogP contribution in [0.5, 0.6) is 0 Å². The van der Waals surface area contributed by atoms with Crippen LogP contribution >= 0.6 is 23.5 Å². The zero-order valence-corrected chi connectivity index (χ0v) is 23.5. The summed E-state index contributed by atoms with van der Waals surface area (Å²) >= 11 is 2.71. The molecule has 0 radical (unpaired) electrons. The van der Waals surface area contributed by atoms with Crippen LogP contribution in [0.4, 0.5) is 0 Å². The van der Waals surface area contributed by atoms with Gasteiger partial charge in [-0.3, -0.25) is 19.2 Å². The molecule has 216 valence electrons. The van der Waals surface area contributed by atoms with Crippen molar-refractivity contribution in [3.63, 3.8) is 0 Å². The van der Waals surface area contributed by atoms with E-state index in [0.717, 1.165) is 0 Å². The van der Waals surface area contributed by atoms with E-state index in [0.29, 0.717) is 96.3 Å². The van der Waals surface area contributed by atoms with Gasteiger partial charge in [0.05, 0.1) is 37.9 Å². The number of amides is 4. The van der Waals surface area contributed by atoms with E-state index in [1.807, 2.05) is 0 Å². The van der Waals surface area contributed by atoms with E-state index in [4.69, 9.17) is 9.47 Å². The number of rotatable bonds is 17. The number of thioether (sulfide) groups is 2. The number of morpholine rings is 2. The first-order chi connectivity index (χ1) is 18.4. The molecule has 3 N–H and O–H groups in total. The largest absolute Gasteiger partial charge is 0.480 e. The van der Waals surface area contributed by atoms with Gasteiger partial charge in [-0.2, -0.15) is 23.5 Å². The fourth-order valence-corrected chi connectivity index (χ4v) is 5.32. The molecule has 0 aromatic heterocycles. The van der Waals surface area contributed by atoms with Gasteiger partial charge in [-0.25, -0.2) is 4.79 Å². The molecule has 1 unspecified atom stereocenters. The SMILES string of the molecule is O=C(CSCCC(=O)N1CCOCC1)NCCCCC(NC(=O)CSCCC(=O)N1CCOCC1)C(=O)O. The molecule has 2 fully saturated rings. The van der Waals surface area contributed by atoms with Crippen LogP contribution in [0.15, 0.2) is 0 Å². The molecule has 0 spiro atoms. The fourth-order valence-electron chi connectivity index (χ4n) is 3.84. The van der Waals surface area contributed by atoms with E-state index >= 15 is 0 Å². The number of hydrogen-bond donors (Lipinski definition) is 3. The zero-order valence-electron chi connectivity index (χ0n) is 21.8.